The lowest BCUT2D eigenvalue weighted by molar-refractivity contribution is -0.121. The summed E-state index contributed by atoms with van der Waals surface area (Å²) in [4.78, 5) is 12.6. The Hall–Kier alpha value is -2.92. The van der Waals surface area contributed by atoms with Gasteiger partial charge >= 0.3 is 0 Å². The van der Waals surface area contributed by atoms with Gasteiger partial charge in [0.05, 0.1) is 17.4 Å². The van der Waals surface area contributed by atoms with Crippen LogP contribution in [0.4, 0.5) is 0 Å². The molecule has 1 atom stereocenters. The molecule has 0 aliphatic carbocycles. The zero-order valence-corrected chi connectivity index (χ0v) is 16.7. The molecule has 0 unspecified atom stereocenters. The van der Waals surface area contributed by atoms with Crippen LogP contribution in [0.1, 0.15) is 24.1 Å². The van der Waals surface area contributed by atoms with Gasteiger partial charge in [-0.25, -0.2) is 8.42 Å². The standard InChI is InChI=1S/C23H23NO3S/c1-17(19-12-14-22(15-13-19)28(2,26)27)24-23(25)16-18-8-10-21(11-9-18)20-6-4-3-5-7-20/h3-15,17H,16H2,1-2H3,(H,24,25)/t17-/m1/s1. The Balaban J connectivity index is 1.60. The van der Waals surface area contributed by atoms with E-state index in [1.54, 1.807) is 24.3 Å². The van der Waals surface area contributed by atoms with Crippen LogP contribution in [0.25, 0.3) is 11.1 Å². The average molecular weight is 394 g/mol. The highest BCUT2D eigenvalue weighted by molar-refractivity contribution is 7.90. The number of hydrogen-bond donors (Lipinski definition) is 1. The van der Waals surface area contributed by atoms with Crippen molar-refractivity contribution in [2.24, 2.45) is 0 Å². The van der Waals surface area contributed by atoms with Gasteiger partial charge in [0.15, 0.2) is 9.84 Å². The minimum atomic E-state index is -3.22. The third kappa shape index (κ3) is 5.08. The normalized spacial score (nSPS) is 12.4. The Labute approximate surface area is 166 Å². The second-order valence-electron chi connectivity index (χ2n) is 6.87. The number of hydrogen-bond acceptors (Lipinski definition) is 3. The lowest BCUT2D eigenvalue weighted by Crippen LogP contribution is -2.28. The van der Waals surface area contributed by atoms with Crippen LogP contribution in [0.3, 0.4) is 0 Å². The van der Waals surface area contributed by atoms with Crippen LogP contribution in [-0.2, 0) is 21.1 Å². The minimum Gasteiger partial charge on any atom is -0.349 e. The Morgan fingerprint density at radius 3 is 2.00 bits per heavy atom. The Bertz CT molecular complexity index is 1040. The summed E-state index contributed by atoms with van der Waals surface area (Å²) in [6.45, 7) is 1.88. The Kier molecular flexibility index (Phi) is 5.95. The third-order valence-corrected chi connectivity index (χ3v) is 5.74. The molecule has 1 N–H and O–H groups in total. The maximum atomic E-state index is 12.4. The summed E-state index contributed by atoms with van der Waals surface area (Å²) in [5, 5.41) is 2.96. The molecular weight excluding hydrogens is 370 g/mol. The predicted molar refractivity (Wildman–Crippen MR) is 112 cm³/mol. The number of carbonyl (C=O) groups is 1. The summed E-state index contributed by atoms with van der Waals surface area (Å²) in [5.41, 5.74) is 4.06. The van der Waals surface area contributed by atoms with Crippen molar-refractivity contribution in [2.75, 3.05) is 6.26 Å². The average Bonchev–Trinajstić information content (AvgIpc) is 2.68. The van der Waals surface area contributed by atoms with Crippen molar-refractivity contribution in [3.05, 3.63) is 90.0 Å². The van der Waals surface area contributed by atoms with E-state index in [0.29, 0.717) is 6.42 Å². The van der Waals surface area contributed by atoms with Crippen molar-refractivity contribution in [3.8, 4) is 11.1 Å². The van der Waals surface area contributed by atoms with Gasteiger partial charge in [-0.1, -0.05) is 66.7 Å². The van der Waals surface area contributed by atoms with Gasteiger partial charge < -0.3 is 5.32 Å². The van der Waals surface area contributed by atoms with Crippen LogP contribution in [0.15, 0.2) is 83.8 Å². The van der Waals surface area contributed by atoms with Crippen molar-refractivity contribution < 1.29 is 13.2 Å². The van der Waals surface area contributed by atoms with Crippen molar-refractivity contribution in [1.82, 2.24) is 5.32 Å². The zero-order valence-electron chi connectivity index (χ0n) is 15.9. The monoisotopic (exact) mass is 393 g/mol. The quantitative estimate of drug-likeness (QED) is 0.683. The molecule has 0 heterocycles. The van der Waals surface area contributed by atoms with E-state index in [1.165, 1.54) is 6.26 Å². The molecule has 28 heavy (non-hydrogen) atoms. The summed E-state index contributed by atoms with van der Waals surface area (Å²) >= 11 is 0. The van der Waals surface area contributed by atoms with Crippen molar-refractivity contribution in [2.45, 2.75) is 24.3 Å². The zero-order chi connectivity index (χ0) is 20.1. The molecule has 0 spiro atoms. The molecule has 0 radical (unpaired) electrons. The maximum absolute atomic E-state index is 12.4. The second kappa shape index (κ2) is 8.40. The van der Waals surface area contributed by atoms with Crippen LogP contribution in [0.5, 0.6) is 0 Å². The predicted octanol–water partition coefficient (Wildman–Crippen LogP) is 4.18. The first kappa shape index (κ1) is 19.8. The van der Waals surface area contributed by atoms with E-state index < -0.39 is 9.84 Å². The topological polar surface area (TPSA) is 63.2 Å². The number of benzene rings is 3. The number of nitrogens with one attached hydrogen (secondary N) is 1. The second-order valence-corrected chi connectivity index (χ2v) is 8.89. The summed E-state index contributed by atoms with van der Waals surface area (Å²) in [5.74, 6) is -0.0767. The summed E-state index contributed by atoms with van der Waals surface area (Å²) < 4.78 is 23.1. The van der Waals surface area contributed by atoms with Crippen LogP contribution in [0, 0.1) is 0 Å². The van der Waals surface area contributed by atoms with E-state index in [1.807, 2.05) is 49.4 Å². The smallest absolute Gasteiger partial charge is 0.224 e. The molecule has 3 aromatic carbocycles. The minimum absolute atomic E-state index is 0.0767. The van der Waals surface area contributed by atoms with Gasteiger partial charge in [-0.05, 0) is 41.3 Å². The molecule has 0 saturated carbocycles. The molecular formula is C23H23NO3S. The fourth-order valence-electron chi connectivity index (χ4n) is 3.01. The lowest BCUT2D eigenvalue weighted by Gasteiger charge is -2.15. The number of carbonyl (C=O) groups excluding carboxylic acids is 1. The van der Waals surface area contributed by atoms with E-state index in [9.17, 15) is 13.2 Å². The first-order valence-corrected chi connectivity index (χ1v) is 11.0. The molecule has 4 nitrogen and oxygen atoms in total. The van der Waals surface area contributed by atoms with E-state index in [0.717, 1.165) is 22.3 Å². The highest BCUT2D eigenvalue weighted by atomic mass is 32.2. The van der Waals surface area contributed by atoms with Crippen LogP contribution in [-0.4, -0.2) is 20.6 Å². The van der Waals surface area contributed by atoms with Crippen LogP contribution >= 0.6 is 0 Å². The molecule has 0 aromatic heterocycles. The highest BCUT2D eigenvalue weighted by Crippen LogP contribution is 2.20. The van der Waals surface area contributed by atoms with Gasteiger partial charge in [-0.3, -0.25) is 4.79 Å². The van der Waals surface area contributed by atoms with Gasteiger partial charge in [-0.15, -0.1) is 0 Å². The molecule has 0 aliphatic rings. The van der Waals surface area contributed by atoms with Gasteiger partial charge in [0, 0.05) is 6.26 Å². The molecule has 0 bridgehead atoms. The van der Waals surface area contributed by atoms with Crippen molar-refractivity contribution in [1.29, 1.82) is 0 Å². The largest absolute Gasteiger partial charge is 0.349 e. The number of sulfone groups is 1. The lowest BCUT2D eigenvalue weighted by atomic mass is 10.0. The van der Waals surface area contributed by atoms with Crippen molar-refractivity contribution >= 4 is 15.7 Å². The van der Waals surface area contributed by atoms with Crippen LogP contribution < -0.4 is 5.32 Å². The first-order chi connectivity index (χ1) is 13.3. The Morgan fingerprint density at radius 2 is 1.43 bits per heavy atom. The maximum Gasteiger partial charge on any atom is 0.224 e. The molecule has 3 aromatic rings. The molecule has 3 rings (SSSR count). The summed E-state index contributed by atoms with van der Waals surface area (Å²) in [6, 6.07) is 24.5. The van der Waals surface area contributed by atoms with Gasteiger partial charge in [0.2, 0.25) is 5.91 Å². The van der Waals surface area contributed by atoms with E-state index in [2.05, 4.69) is 17.4 Å². The summed E-state index contributed by atoms with van der Waals surface area (Å²) in [7, 11) is -3.22. The third-order valence-electron chi connectivity index (χ3n) is 4.61. The van der Waals surface area contributed by atoms with E-state index in [-0.39, 0.29) is 16.8 Å². The molecule has 5 heteroatoms. The fourth-order valence-corrected chi connectivity index (χ4v) is 3.64. The van der Waals surface area contributed by atoms with Crippen LogP contribution in [0.2, 0.25) is 0 Å². The fraction of sp³-hybridized carbons (Fsp3) is 0.174. The van der Waals surface area contributed by atoms with E-state index in [4.69, 9.17) is 0 Å². The highest BCUT2D eigenvalue weighted by Gasteiger charge is 2.12. The van der Waals surface area contributed by atoms with Gasteiger partial charge in [0.1, 0.15) is 0 Å². The molecule has 0 saturated heterocycles. The molecule has 0 aliphatic heterocycles. The van der Waals surface area contributed by atoms with Crippen molar-refractivity contribution in [3.63, 3.8) is 0 Å². The van der Waals surface area contributed by atoms with E-state index >= 15 is 0 Å². The SMILES string of the molecule is C[C@@H](NC(=O)Cc1ccc(-c2ccccc2)cc1)c1ccc(S(C)(=O)=O)cc1. The van der Waals surface area contributed by atoms with Gasteiger partial charge in [-0.2, -0.15) is 0 Å². The Morgan fingerprint density at radius 1 is 0.857 bits per heavy atom. The molecule has 0 fully saturated rings. The summed E-state index contributed by atoms with van der Waals surface area (Å²) in [6.07, 6.45) is 1.47. The number of rotatable bonds is 6. The first-order valence-electron chi connectivity index (χ1n) is 9.07. The van der Waals surface area contributed by atoms with Gasteiger partial charge in [0.25, 0.3) is 0 Å². The molecule has 1 amide bonds. The number of amides is 1. The molecule has 144 valence electrons.